The van der Waals surface area contributed by atoms with Crippen LogP contribution in [0.15, 0.2) is 28.9 Å². The van der Waals surface area contributed by atoms with Crippen LogP contribution < -0.4 is 5.32 Å². The third kappa shape index (κ3) is 3.52. The van der Waals surface area contributed by atoms with Crippen LogP contribution in [0.3, 0.4) is 0 Å². The minimum Gasteiger partial charge on any atom is -0.376 e. The Morgan fingerprint density at radius 3 is 2.60 bits per heavy atom. The summed E-state index contributed by atoms with van der Waals surface area (Å²) >= 11 is 4.66. The van der Waals surface area contributed by atoms with Gasteiger partial charge >= 0.3 is 6.18 Å². The number of benzene rings is 1. The summed E-state index contributed by atoms with van der Waals surface area (Å²) in [6.45, 7) is 3.70. The van der Waals surface area contributed by atoms with Crippen molar-refractivity contribution in [2.24, 2.45) is 0 Å². The molecule has 1 aromatic carbocycles. The molecule has 0 aliphatic carbocycles. The Bertz CT molecular complexity index is 610. The Labute approximate surface area is 127 Å². The summed E-state index contributed by atoms with van der Waals surface area (Å²) in [5, 5.41) is 3.65. The smallest absolute Gasteiger partial charge is 0.376 e. The highest BCUT2D eigenvalue weighted by molar-refractivity contribution is 9.10. The zero-order chi connectivity index (χ0) is 14.9. The van der Waals surface area contributed by atoms with E-state index in [1.807, 2.05) is 6.92 Å². The molecule has 2 rings (SSSR count). The van der Waals surface area contributed by atoms with E-state index in [0.29, 0.717) is 4.47 Å². The quantitative estimate of drug-likeness (QED) is 0.787. The van der Waals surface area contributed by atoms with Crippen LogP contribution in [0.1, 0.15) is 28.4 Å². The van der Waals surface area contributed by atoms with E-state index >= 15 is 0 Å². The number of aromatic nitrogens is 1. The third-order valence-electron chi connectivity index (χ3n) is 2.67. The van der Waals surface area contributed by atoms with Gasteiger partial charge in [0, 0.05) is 21.2 Å². The second kappa shape index (κ2) is 5.73. The Morgan fingerprint density at radius 1 is 1.35 bits per heavy atom. The lowest BCUT2D eigenvalue weighted by Crippen LogP contribution is -2.13. The van der Waals surface area contributed by atoms with Gasteiger partial charge in [0.1, 0.15) is 5.01 Å². The predicted molar refractivity (Wildman–Crippen MR) is 78.0 cm³/mol. The highest BCUT2D eigenvalue weighted by Gasteiger charge is 2.33. The second-order valence-electron chi connectivity index (χ2n) is 4.36. The van der Waals surface area contributed by atoms with Crippen LogP contribution in [0.4, 0.5) is 18.9 Å². The van der Waals surface area contributed by atoms with E-state index in [9.17, 15) is 13.2 Å². The van der Waals surface area contributed by atoms with Gasteiger partial charge in [-0.1, -0.05) is 15.9 Å². The maximum Gasteiger partial charge on any atom is 0.418 e. The molecule has 1 aromatic heterocycles. The summed E-state index contributed by atoms with van der Waals surface area (Å²) in [4.78, 5) is 5.22. The SMILES string of the molecule is Cc1cnc(C(C)Nc2cc(Br)ccc2C(F)(F)F)s1. The molecule has 20 heavy (non-hydrogen) atoms. The Balaban J connectivity index is 2.30. The molecule has 0 amide bonds. The zero-order valence-electron chi connectivity index (χ0n) is 10.8. The van der Waals surface area contributed by atoms with Gasteiger partial charge in [-0.3, -0.25) is 0 Å². The number of rotatable bonds is 3. The molecule has 0 bridgehead atoms. The number of hydrogen-bond donors (Lipinski definition) is 1. The van der Waals surface area contributed by atoms with Gasteiger partial charge in [-0.25, -0.2) is 4.98 Å². The van der Waals surface area contributed by atoms with Crippen LogP contribution in [0.25, 0.3) is 0 Å². The molecule has 0 aliphatic heterocycles. The molecule has 2 aromatic rings. The average molecular weight is 365 g/mol. The van der Waals surface area contributed by atoms with Crippen LogP contribution in [0.2, 0.25) is 0 Å². The van der Waals surface area contributed by atoms with Crippen molar-refractivity contribution in [3.8, 4) is 0 Å². The predicted octanol–water partition coefficient (Wildman–Crippen LogP) is 5.41. The Hall–Kier alpha value is -1.08. The number of thiazole rings is 1. The summed E-state index contributed by atoms with van der Waals surface area (Å²) in [5.74, 6) is 0. The first kappa shape index (κ1) is 15.3. The molecule has 108 valence electrons. The lowest BCUT2D eigenvalue weighted by molar-refractivity contribution is -0.137. The van der Waals surface area contributed by atoms with Gasteiger partial charge in [0.2, 0.25) is 0 Å². The van der Waals surface area contributed by atoms with Gasteiger partial charge in [-0.05, 0) is 32.0 Å². The number of nitrogens with one attached hydrogen (secondary N) is 1. The van der Waals surface area contributed by atoms with E-state index in [4.69, 9.17) is 0 Å². The molecule has 0 saturated carbocycles. The molecule has 0 aliphatic rings. The summed E-state index contributed by atoms with van der Waals surface area (Å²) in [7, 11) is 0. The monoisotopic (exact) mass is 364 g/mol. The number of alkyl halides is 3. The lowest BCUT2D eigenvalue weighted by atomic mass is 10.1. The van der Waals surface area contributed by atoms with Gasteiger partial charge in [0.05, 0.1) is 11.6 Å². The summed E-state index contributed by atoms with van der Waals surface area (Å²) in [6.07, 6.45) is -2.68. The molecule has 0 radical (unpaired) electrons. The molecule has 1 unspecified atom stereocenters. The number of nitrogens with zero attached hydrogens (tertiary/aromatic N) is 1. The Kier molecular flexibility index (Phi) is 4.39. The normalized spacial score (nSPS) is 13.3. The van der Waals surface area contributed by atoms with Crippen LogP contribution in [0, 0.1) is 6.92 Å². The maximum atomic E-state index is 13.0. The number of halogens is 4. The van der Waals surface area contributed by atoms with Gasteiger partial charge in [-0.15, -0.1) is 11.3 Å². The van der Waals surface area contributed by atoms with Crippen molar-refractivity contribution >= 4 is 33.0 Å². The molecular formula is C13H12BrF3N2S. The molecule has 1 heterocycles. The van der Waals surface area contributed by atoms with Crippen LogP contribution in [-0.4, -0.2) is 4.98 Å². The van der Waals surface area contributed by atoms with Crippen molar-refractivity contribution in [1.82, 2.24) is 4.98 Å². The first-order valence-electron chi connectivity index (χ1n) is 5.83. The number of aryl methyl sites for hydroxylation is 1. The van der Waals surface area contributed by atoms with Crippen molar-refractivity contribution in [3.05, 3.63) is 44.3 Å². The first-order chi connectivity index (χ1) is 9.27. The molecule has 1 atom stereocenters. The van der Waals surface area contributed by atoms with Gasteiger partial charge in [0.25, 0.3) is 0 Å². The van der Waals surface area contributed by atoms with Gasteiger partial charge < -0.3 is 5.32 Å². The van der Waals surface area contributed by atoms with Crippen molar-refractivity contribution in [2.45, 2.75) is 26.1 Å². The zero-order valence-corrected chi connectivity index (χ0v) is 13.2. The summed E-state index contributed by atoms with van der Waals surface area (Å²) < 4.78 is 39.5. The van der Waals surface area contributed by atoms with Crippen LogP contribution in [-0.2, 0) is 6.18 Å². The minimum atomic E-state index is -4.39. The molecule has 0 saturated heterocycles. The summed E-state index contributed by atoms with van der Waals surface area (Å²) in [6, 6.07) is 3.59. The number of hydrogen-bond acceptors (Lipinski definition) is 3. The highest BCUT2D eigenvalue weighted by atomic mass is 79.9. The molecule has 0 spiro atoms. The minimum absolute atomic E-state index is 0.0484. The molecule has 2 nitrogen and oxygen atoms in total. The van der Waals surface area contributed by atoms with E-state index in [2.05, 4.69) is 26.2 Å². The fraction of sp³-hybridized carbons (Fsp3) is 0.308. The van der Waals surface area contributed by atoms with Crippen LogP contribution in [0.5, 0.6) is 0 Å². The van der Waals surface area contributed by atoms with E-state index in [1.54, 1.807) is 13.1 Å². The second-order valence-corrected chi connectivity index (χ2v) is 6.54. The number of anilines is 1. The van der Waals surface area contributed by atoms with E-state index < -0.39 is 11.7 Å². The maximum absolute atomic E-state index is 13.0. The molecular weight excluding hydrogens is 353 g/mol. The van der Waals surface area contributed by atoms with Crippen molar-refractivity contribution in [3.63, 3.8) is 0 Å². The van der Waals surface area contributed by atoms with Crippen molar-refractivity contribution in [1.29, 1.82) is 0 Å². The molecule has 1 N–H and O–H groups in total. The van der Waals surface area contributed by atoms with E-state index in [-0.39, 0.29) is 11.7 Å². The summed E-state index contributed by atoms with van der Waals surface area (Å²) in [5.41, 5.74) is -0.631. The largest absolute Gasteiger partial charge is 0.418 e. The Morgan fingerprint density at radius 2 is 2.05 bits per heavy atom. The topological polar surface area (TPSA) is 24.9 Å². The third-order valence-corrected chi connectivity index (χ3v) is 4.26. The molecule has 0 fully saturated rings. The van der Waals surface area contributed by atoms with Gasteiger partial charge in [-0.2, -0.15) is 13.2 Å². The van der Waals surface area contributed by atoms with Crippen molar-refractivity contribution < 1.29 is 13.2 Å². The molecule has 7 heteroatoms. The van der Waals surface area contributed by atoms with Crippen molar-refractivity contribution in [2.75, 3.05) is 5.32 Å². The standard InChI is InChI=1S/C13H12BrF3N2S/c1-7-6-18-12(20-7)8(2)19-11-5-9(14)3-4-10(11)13(15,16)17/h3-6,8,19H,1-2H3. The van der Waals surface area contributed by atoms with E-state index in [1.165, 1.54) is 23.5 Å². The van der Waals surface area contributed by atoms with Crippen LogP contribution >= 0.6 is 27.3 Å². The fourth-order valence-corrected chi connectivity index (χ4v) is 2.89. The highest BCUT2D eigenvalue weighted by Crippen LogP contribution is 2.37. The first-order valence-corrected chi connectivity index (χ1v) is 7.44. The van der Waals surface area contributed by atoms with Gasteiger partial charge in [0.15, 0.2) is 0 Å². The average Bonchev–Trinajstić information content (AvgIpc) is 2.74. The lowest BCUT2D eigenvalue weighted by Gasteiger charge is -2.18. The van der Waals surface area contributed by atoms with E-state index in [0.717, 1.165) is 16.0 Å². The fourth-order valence-electron chi connectivity index (χ4n) is 1.75.